The summed E-state index contributed by atoms with van der Waals surface area (Å²) < 4.78 is 0. The van der Waals surface area contributed by atoms with E-state index >= 15 is 0 Å². The van der Waals surface area contributed by atoms with Crippen LogP contribution in [0.4, 0.5) is 21.1 Å². The number of rotatable bonds is 3. The molecule has 0 radical (unpaired) electrons. The summed E-state index contributed by atoms with van der Waals surface area (Å²) >= 11 is 0. The molecule has 0 bridgehead atoms. The number of nitrogens with zero attached hydrogens (tertiary/aromatic N) is 6. The van der Waals surface area contributed by atoms with Crippen molar-refractivity contribution >= 4 is 23.6 Å². The summed E-state index contributed by atoms with van der Waals surface area (Å²) in [6.45, 7) is 1.97. The Morgan fingerprint density at radius 2 is 2.03 bits per heavy atom. The zero-order valence-corrected chi connectivity index (χ0v) is 15.7. The first-order valence-electron chi connectivity index (χ1n) is 9.44. The largest absolute Gasteiger partial charge is 0.465 e. The zero-order valence-electron chi connectivity index (χ0n) is 15.7. The zero-order chi connectivity index (χ0) is 20.4. The predicted octanol–water partition coefficient (Wildman–Crippen LogP) is 2.81. The summed E-state index contributed by atoms with van der Waals surface area (Å²) in [6, 6.07) is 8.83. The third kappa shape index (κ3) is 3.69. The van der Waals surface area contributed by atoms with Crippen LogP contribution in [-0.4, -0.2) is 56.6 Å². The van der Waals surface area contributed by atoms with Crippen molar-refractivity contribution in [3.63, 3.8) is 0 Å². The van der Waals surface area contributed by atoms with Crippen molar-refractivity contribution in [3.05, 3.63) is 47.9 Å². The van der Waals surface area contributed by atoms with Gasteiger partial charge in [-0.15, -0.1) is 0 Å². The minimum atomic E-state index is -0.894. The minimum Gasteiger partial charge on any atom is -0.465 e. The Morgan fingerprint density at radius 3 is 2.76 bits per heavy atom. The maximum absolute atomic E-state index is 13.3. The van der Waals surface area contributed by atoms with Gasteiger partial charge in [0.25, 0.3) is 0 Å². The first-order chi connectivity index (χ1) is 14.1. The lowest BCUT2D eigenvalue weighted by molar-refractivity contribution is 0.115. The summed E-state index contributed by atoms with van der Waals surface area (Å²) in [7, 11) is 0. The molecule has 2 aliphatic heterocycles. The van der Waals surface area contributed by atoms with Crippen LogP contribution in [0, 0.1) is 17.2 Å². The molecule has 2 aromatic heterocycles. The van der Waals surface area contributed by atoms with Crippen molar-refractivity contribution in [2.45, 2.75) is 19.4 Å². The molecule has 0 spiro atoms. The molecule has 1 saturated heterocycles. The Bertz CT molecular complexity index is 980. The number of hydrogen-bond donors (Lipinski definition) is 1. The van der Waals surface area contributed by atoms with Gasteiger partial charge in [-0.1, -0.05) is 6.07 Å². The van der Waals surface area contributed by atoms with Gasteiger partial charge in [0.2, 0.25) is 0 Å². The molecule has 9 nitrogen and oxygen atoms in total. The highest BCUT2D eigenvalue weighted by Crippen LogP contribution is 2.34. The fraction of sp³-hybridized carbons (Fsp3) is 0.350. The molecular formula is C20H20N6O3. The fourth-order valence-corrected chi connectivity index (χ4v) is 3.87. The van der Waals surface area contributed by atoms with Crippen molar-refractivity contribution < 1.29 is 14.7 Å². The van der Waals surface area contributed by atoms with E-state index in [9.17, 15) is 9.59 Å². The van der Waals surface area contributed by atoms with E-state index in [0.717, 1.165) is 18.4 Å². The number of carboxylic acid groups (broad SMARTS) is 1. The highest BCUT2D eigenvalue weighted by Gasteiger charge is 2.34. The molecule has 2 aromatic rings. The van der Waals surface area contributed by atoms with Crippen LogP contribution in [0.1, 0.15) is 24.1 Å². The van der Waals surface area contributed by atoms with Gasteiger partial charge in [0.15, 0.2) is 0 Å². The molecule has 4 heterocycles. The highest BCUT2D eigenvalue weighted by molar-refractivity contribution is 6.00. The molecule has 0 atom stereocenters. The molecule has 4 rings (SSSR count). The molecular weight excluding hydrogens is 372 g/mol. The number of aromatic nitrogens is 2. The van der Waals surface area contributed by atoms with Gasteiger partial charge >= 0.3 is 12.1 Å². The number of hydrogen-bond acceptors (Lipinski definition) is 5. The number of likely N-dealkylation sites (tertiary alicyclic amines) is 1. The minimum absolute atomic E-state index is 0.202. The Morgan fingerprint density at radius 1 is 1.24 bits per heavy atom. The molecule has 9 heteroatoms. The maximum Gasteiger partial charge on any atom is 0.407 e. The van der Waals surface area contributed by atoms with E-state index in [4.69, 9.17) is 10.4 Å². The maximum atomic E-state index is 13.3. The Labute approximate surface area is 167 Å². The first kappa shape index (κ1) is 18.7. The number of carbonyl (C=O) groups excluding carboxylic acids is 1. The van der Waals surface area contributed by atoms with E-state index in [1.54, 1.807) is 23.2 Å². The summed E-state index contributed by atoms with van der Waals surface area (Å²) in [5.74, 6) is 0.797. The SMILES string of the molecule is N#Cc1cc(N2C(=O)N(CC3CCN(C(=O)O)CC3)Cc3cccnc32)ccn1. The third-order valence-electron chi connectivity index (χ3n) is 5.38. The van der Waals surface area contributed by atoms with Crippen molar-refractivity contribution in [1.82, 2.24) is 19.8 Å². The van der Waals surface area contributed by atoms with Crippen molar-refractivity contribution in [3.8, 4) is 6.07 Å². The van der Waals surface area contributed by atoms with Crippen LogP contribution in [0.15, 0.2) is 36.7 Å². The van der Waals surface area contributed by atoms with Crippen LogP contribution < -0.4 is 4.90 Å². The van der Waals surface area contributed by atoms with E-state index < -0.39 is 6.09 Å². The number of carbonyl (C=O) groups is 2. The van der Waals surface area contributed by atoms with E-state index in [2.05, 4.69) is 9.97 Å². The van der Waals surface area contributed by atoms with Gasteiger partial charge in [-0.2, -0.15) is 5.26 Å². The normalized spacial score (nSPS) is 17.1. The predicted molar refractivity (Wildman–Crippen MR) is 103 cm³/mol. The van der Waals surface area contributed by atoms with Gasteiger partial charge in [-0.3, -0.25) is 0 Å². The molecule has 0 unspecified atom stereocenters. The second kappa shape index (κ2) is 7.75. The molecule has 1 fully saturated rings. The Kier molecular flexibility index (Phi) is 4.99. The summed E-state index contributed by atoms with van der Waals surface area (Å²) in [5, 5.41) is 18.3. The Hall–Kier alpha value is -3.67. The van der Waals surface area contributed by atoms with Crippen LogP contribution >= 0.6 is 0 Å². The second-order valence-corrected chi connectivity index (χ2v) is 7.21. The molecule has 148 valence electrons. The number of urea groups is 1. The lowest BCUT2D eigenvalue weighted by Gasteiger charge is -2.39. The fourth-order valence-electron chi connectivity index (χ4n) is 3.87. The van der Waals surface area contributed by atoms with Gasteiger partial charge in [0.1, 0.15) is 17.6 Å². The number of nitriles is 1. The molecule has 0 aliphatic carbocycles. The topological polar surface area (TPSA) is 114 Å². The number of fused-ring (bicyclic) bond motifs is 1. The summed E-state index contributed by atoms with van der Waals surface area (Å²) in [4.78, 5) is 37.5. The van der Waals surface area contributed by atoms with E-state index in [0.29, 0.717) is 37.7 Å². The number of anilines is 2. The quantitative estimate of drug-likeness (QED) is 0.859. The average molecular weight is 392 g/mol. The Balaban J connectivity index is 1.59. The van der Waals surface area contributed by atoms with Crippen LogP contribution in [0.2, 0.25) is 0 Å². The highest BCUT2D eigenvalue weighted by atomic mass is 16.4. The summed E-state index contributed by atoms with van der Waals surface area (Å²) in [5.41, 5.74) is 1.70. The van der Waals surface area contributed by atoms with Gasteiger partial charge < -0.3 is 14.9 Å². The third-order valence-corrected chi connectivity index (χ3v) is 5.38. The van der Waals surface area contributed by atoms with Crippen LogP contribution in [-0.2, 0) is 6.54 Å². The first-order valence-corrected chi connectivity index (χ1v) is 9.44. The van der Waals surface area contributed by atoms with Crippen LogP contribution in [0.3, 0.4) is 0 Å². The smallest absolute Gasteiger partial charge is 0.407 e. The van der Waals surface area contributed by atoms with Gasteiger partial charge in [0, 0.05) is 37.6 Å². The van der Waals surface area contributed by atoms with Crippen molar-refractivity contribution in [2.24, 2.45) is 5.92 Å². The lowest BCUT2D eigenvalue weighted by atomic mass is 9.96. The van der Waals surface area contributed by atoms with Gasteiger partial charge in [-0.05, 0) is 37.0 Å². The van der Waals surface area contributed by atoms with Gasteiger partial charge in [0.05, 0.1) is 12.2 Å². The second-order valence-electron chi connectivity index (χ2n) is 7.21. The van der Waals surface area contributed by atoms with Crippen molar-refractivity contribution in [1.29, 1.82) is 5.26 Å². The molecule has 29 heavy (non-hydrogen) atoms. The lowest BCUT2D eigenvalue weighted by Crippen LogP contribution is -2.48. The van der Waals surface area contributed by atoms with E-state index in [1.807, 2.05) is 18.2 Å². The monoisotopic (exact) mass is 392 g/mol. The number of amides is 3. The average Bonchev–Trinajstić information content (AvgIpc) is 2.75. The van der Waals surface area contributed by atoms with Gasteiger partial charge in [-0.25, -0.2) is 24.5 Å². The number of piperidine rings is 1. The van der Waals surface area contributed by atoms with Crippen molar-refractivity contribution in [2.75, 3.05) is 24.5 Å². The summed E-state index contributed by atoms with van der Waals surface area (Å²) in [6.07, 6.45) is 3.70. The van der Waals surface area contributed by atoms with E-state index in [1.165, 1.54) is 16.0 Å². The molecule has 1 N–H and O–H groups in total. The van der Waals surface area contributed by atoms with Crippen LogP contribution in [0.25, 0.3) is 0 Å². The number of pyridine rings is 2. The van der Waals surface area contributed by atoms with Crippen LogP contribution in [0.5, 0.6) is 0 Å². The standard InChI is InChI=1S/C20H20N6O3/c21-11-16-10-17(3-7-22-16)26-18-15(2-1-6-23-18)13-25(19(26)27)12-14-4-8-24(9-5-14)20(28)29/h1-3,6-7,10,14H,4-5,8-9,12-13H2,(H,28,29). The molecule has 0 aromatic carbocycles. The molecule has 3 amide bonds. The molecule has 0 saturated carbocycles. The van der Waals surface area contributed by atoms with E-state index in [-0.39, 0.29) is 17.6 Å². The molecule has 2 aliphatic rings.